The lowest BCUT2D eigenvalue weighted by Crippen LogP contribution is -2.42. The number of carbonyl (C=O) groups excluding carboxylic acids is 1. The number of hydrogen-bond donors (Lipinski definition) is 0. The van der Waals surface area contributed by atoms with Gasteiger partial charge in [0.15, 0.2) is 0 Å². The summed E-state index contributed by atoms with van der Waals surface area (Å²) in [7, 11) is 0. The third-order valence-electron chi connectivity index (χ3n) is 2.83. The summed E-state index contributed by atoms with van der Waals surface area (Å²) in [5.41, 5.74) is 1.03. The highest BCUT2D eigenvalue weighted by atomic mass is 127. The number of hydrogen-bond acceptors (Lipinski definition) is 1. The van der Waals surface area contributed by atoms with Gasteiger partial charge in [-0.1, -0.05) is 0 Å². The van der Waals surface area contributed by atoms with Gasteiger partial charge in [0, 0.05) is 21.7 Å². The molecule has 0 aromatic heterocycles. The Morgan fingerprint density at radius 2 is 2.00 bits per heavy atom. The maximum atomic E-state index is 11.8. The van der Waals surface area contributed by atoms with Gasteiger partial charge in [-0.2, -0.15) is 0 Å². The minimum absolute atomic E-state index is 0.259. The maximum absolute atomic E-state index is 11.8. The first kappa shape index (κ1) is 10.9. The van der Waals surface area contributed by atoms with Gasteiger partial charge in [-0.15, -0.1) is 0 Å². The fourth-order valence-corrected chi connectivity index (χ4v) is 2.40. The lowest BCUT2D eigenvalue weighted by Gasteiger charge is -2.33. The molecule has 80 valence electrons. The quantitative estimate of drug-likeness (QED) is 0.729. The van der Waals surface area contributed by atoms with Crippen LogP contribution in [0.5, 0.6) is 0 Å². The molecule has 1 aromatic carbocycles. The van der Waals surface area contributed by atoms with E-state index in [1.807, 2.05) is 29.2 Å². The summed E-state index contributed by atoms with van der Waals surface area (Å²) < 4.78 is 1.20. The fraction of sp³-hybridized carbons (Fsp3) is 0.417. The van der Waals surface area contributed by atoms with Crippen molar-refractivity contribution in [1.29, 1.82) is 0 Å². The molecule has 1 atom stereocenters. The lowest BCUT2D eigenvalue weighted by molar-refractivity contribution is -0.120. The van der Waals surface area contributed by atoms with Crippen LogP contribution in [0.3, 0.4) is 0 Å². The molecule has 0 radical (unpaired) electrons. The molecule has 0 spiro atoms. The highest BCUT2D eigenvalue weighted by Gasteiger charge is 2.25. The number of amides is 1. The molecule has 1 unspecified atom stereocenters. The van der Waals surface area contributed by atoms with Crippen LogP contribution in [0.15, 0.2) is 24.3 Å². The van der Waals surface area contributed by atoms with E-state index >= 15 is 0 Å². The molecule has 15 heavy (non-hydrogen) atoms. The largest absolute Gasteiger partial charge is 0.310 e. The first-order valence-corrected chi connectivity index (χ1v) is 6.34. The summed E-state index contributed by atoms with van der Waals surface area (Å²) in [6.45, 7) is 2.12. The van der Waals surface area contributed by atoms with Gasteiger partial charge in [-0.05, 0) is 66.6 Å². The Hall–Kier alpha value is -0.580. The van der Waals surface area contributed by atoms with Gasteiger partial charge in [-0.25, -0.2) is 0 Å². The smallest absolute Gasteiger partial charge is 0.227 e. The average Bonchev–Trinajstić information content (AvgIpc) is 2.20. The summed E-state index contributed by atoms with van der Waals surface area (Å²) in [6, 6.07) is 8.49. The minimum atomic E-state index is 0.259. The second kappa shape index (κ2) is 4.51. The summed E-state index contributed by atoms with van der Waals surface area (Å²) in [6.07, 6.45) is 2.83. The van der Waals surface area contributed by atoms with Crippen LogP contribution in [-0.2, 0) is 4.79 Å². The van der Waals surface area contributed by atoms with Gasteiger partial charge in [-0.3, -0.25) is 4.79 Å². The van der Waals surface area contributed by atoms with Gasteiger partial charge < -0.3 is 4.90 Å². The molecule has 0 bridgehead atoms. The number of nitrogens with zero attached hydrogens (tertiary/aromatic N) is 1. The highest BCUT2D eigenvalue weighted by molar-refractivity contribution is 14.1. The van der Waals surface area contributed by atoms with E-state index in [2.05, 4.69) is 29.5 Å². The molecule has 2 nitrogen and oxygen atoms in total. The van der Waals surface area contributed by atoms with Crippen LogP contribution >= 0.6 is 22.6 Å². The fourth-order valence-electron chi connectivity index (χ4n) is 2.04. The van der Waals surface area contributed by atoms with Crippen molar-refractivity contribution in [3.05, 3.63) is 27.8 Å². The second-order valence-electron chi connectivity index (χ2n) is 3.98. The molecule has 1 aliphatic rings. The first-order chi connectivity index (χ1) is 7.18. The van der Waals surface area contributed by atoms with Crippen molar-refractivity contribution in [2.45, 2.75) is 32.2 Å². The topological polar surface area (TPSA) is 20.3 Å². The van der Waals surface area contributed by atoms with E-state index in [1.165, 1.54) is 3.57 Å². The van der Waals surface area contributed by atoms with Crippen LogP contribution in [0.4, 0.5) is 5.69 Å². The van der Waals surface area contributed by atoms with Crippen molar-refractivity contribution in [1.82, 2.24) is 0 Å². The molecule has 2 rings (SSSR count). The Balaban J connectivity index is 2.27. The van der Waals surface area contributed by atoms with Gasteiger partial charge in [0.25, 0.3) is 0 Å². The summed E-state index contributed by atoms with van der Waals surface area (Å²) >= 11 is 2.27. The maximum Gasteiger partial charge on any atom is 0.227 e. The average molecular weight is 315 g/mol. The third kappa shape index (κ3) is 2.33. The molecule has 0 aliphatic carbocycles. The standard InChI is InChI=1S/C12H14INO/c1-9-3-2-4-12(15)14(9)11-7-5-10(13)6-8-11/h5-9H,2-4H2,1H3. The Labute approximate surface area is 104 Å². The Kier molecular flexibility index (Phi) is 3.29. The SMILES string of the molecule is CC1CCCC(=O)N1c1ccc(I)cc1. The van der Waals surface area contributed by atoms with Crippen molar-refractivity contribution < 1.29 is 4.79 Å². The minimum Gasteiger partial charge on any atom is -0.310 e. The molecule has 1 amide bonds. The van der Waals surface area contributed by atoms with Crippen molar-refractivity contribution >= 4 is 34.2 Å². The van der Waals surface area contributed by atoms with Crippen LogP contribution in [0, 0.1) is 3.57 Å². The number of carbonyl (C=O) groups is 1. The van der Waals surface area contributed by atoms with Crippen LogP contribution in [-0.4, -0.2) is 11.9 Å². The Morgan fingerprint density at radius 1 is 1.33 bits per heavy atom. The van der Waals surface area contributed by atoms with E-state index in [4.69, 9.17) is 0 Å². The van der Waals surface area contributed by atoms with Gasteiger partial charge in [0.05, 0.1) is 0 Å². The van der Waals surface area contributed by atoms with E-state index in [9.17, 15) is 4.79 Å². The number of halogens is 1. The molecule has 1 fully saturated rings. The molecule has 1 heterocycles. The number of anilines is 1. The van der Waals surface area contributed by atoms with E-state index in [1.54, 1.807) is 0 Å². The first-order valence-electron chi connectivity index (χ1n) is 5.26. The molecule has 1 saturated heterocycles. The highest BCUT2D eigenvalue weighted by Crippen LogP contribution is 2.25. The predicted molar refractivity (Wildman–Crippen MR) is 70.0 cm³/mol. The van der Waals surface area contributed by atoms with Crippen molar-refractivity contribution in [2.24, 2.45) is 0 Å². The van der Waals surface area contributed by atoms with Gasteiger partial charge in [0.1, 0.15) is 0 Å². The zero-order valence-electron chi connectivity index (χ0n) is 8.74. The second-order valence-corrected chi connectivity index (χ2v) is 5.23. The van der Waals surface area contributed by atoms with Crippen molar-refractivity contribution in [3.63, 3.8) is 0 Å². The third-order valence-corrected chi connectivity index (χ3v) is 3.55. The molecular formula is C12H14INO. The normalized spacial score (nSPS) is 21.9. The molecule has 1 aliphatic heterocycles. The van der Waals surface area contributed by atoms with E-state index < -0.39 is 0 Å². The summed E-state index contributed by atoms with van der Waals surface area (Å²) in [5, 5.41) is 0. The van der Waals surface area contributed by atoms with Crippen molar-refractivity contribution in [2.75, 3.05) is 4.90 Å². The molecular weight excluding hydrogens is 301 g/mol. The Morgan fingerprint density at radius 3 is 2.60 bits per heavy atom. The van der Waals surface area contributed by atoms with Crippen LogP contribution in [0.25, 0.3) is 0 Å². The van der Waals surface area contributed by atoms with Crippen LogP contribution in [0.1, 0.15) is 26.2 Å². The number of piperidine rings is 1. The van der Waals surface area contributed by atoms with Crippen LogP contribution < -0.4 is 4.90 Å². The van der Waals surface area contributed by atoms with E-state index in [-0.39, 0.29) is 5.91 Å². The van der Waals surface area contributed by atoms with Crippen LogP contribution in [0.2, 0.25) is 0 Å². The molecule has 1 aromatic rings. The summed E-state index contributed by atoms with van der Waals surface area (Å²) in [5.74, 6) is 0.259. The zero-order valence-corrected chi connectivity index (χ0v) is 10.9. The summed E-state index contributed by atoms with van der Waals surface area (Å²) in [4.78, 5) is 13.7. The van der Waals surface area contributed by atoms with Gasteiger partial charge >= 0.3 is 0 Å². The number of rotatable bonds is 1. The number of benzene rings is 1. The molecule has 0 saturated carbocycles. The van der Waals surface area contributed by atoms with Gasteiger partial charge in [0.2, 0.25) is 5.91 Å². The predicted octanol–water partition coefficient (Wildman–Crippen LogP) is 3.20. The van der Waals surface area contributed by atoms with E-state index in [0.29, 0.717) is 12.5 Å². The van der Waals surface area contributed by atoms with Crippen molar-refractivity contribution in [3.8, 4) is 0 Å². The monoisotopic (exact) mass is 315 g/mol. The molecule has 3 heteroatoms. The Bertz CT molecular complexity index is 360. The molecule has 0 N–H and O–H groups in total. The van der Waals surface area contributed by atoms with E-state index in [0.717, 1.165) is 18.5 Å². The zero-order chi connectivity index (χ0) is 10.8. The lowest BCUT2D eigenvalue weighted by atomic mass is 10.0.